The standard InChI is InChI=1S/C28H24FN5S2/c1-31-24(20-15-9-4-10-16-20)21(19-13-7-3-8-14-19)22-23(29)25(36-26(22)30)27-32-33-28(35)34(27)17-18-11-5-2-6-12-18/h2-7,9-16,19,27,30,32H,17H2,1H3,(H,33,35)/b22-21-,30-26?,31-24?. The van der Waals surface area contributed by atoms with E-state index >= 15 is 4.39 Å². The average Bonchev–Trinajstić information content (AvgIpc) is 3.42. The molecule has 2 heterocycles. The summed E-state index contributed by atoms with van der Waals surface area (Å²) in [6, 6.07) is 19.6. The highest BCUT2D eigenvalue weighted by atomic mass is 32.2. The summed E-state index contributed by atoms with van der Waals surface area (Å²) in [6.07, 6.45) is 7.01. The zero-order valence-corrected chi connectivity index (χ0v) is 21.2. The van der Waals surface area contributed by atoms with Gasteiger partial charge in [-0.15, -0.1) is 5.73 Å². The summed E-state index contributed by atoms with van der Waals surface area (Å²) in [7, 11) is 1.70. The van der Waals surface area contributed by atoms with Gasteiger partial charge in [-0.1, -0.05) is 84.6 Å². The van der Waals surface area contributed by atoms with E-state index in [4.69, 9.17) is 17.6 Å². The predicted octanol–water partition coefficient (Wildman–Crippen LogP) is 5.43. The second-order valence-corrected chi connectivity index (χ2v) is 9.78. The van der Waals surface area contributed by atoms with Gasteiger partial charge in [0, 0.05) is 30.7 Å². The van der Waals surface area contributed by atoms with Crippen LogP contribution in [-0.4, -0.2) is 34.0 Å². The first kappa shape index (κ1) is 24.2. The Bertz CT molecular complexity index is 1390. The van der Waals surface area contributed by atoms with Gasteiger partial charge in [-0.2, -0.15) is 0 Å². The number of halogens is 1. The van der Waals surface area contributed by atoms with Crippen LogP contribution >= 0.6 is 24.0 Å². The fraction of sp³-hybridized carbons (Fsp3) is 0.143. The van der Waals surface area contributed by atoms with Gasteiger partial charge in [-0.25, -0.2) is 9.82 Å². The highest BCUT2D eigenvalue weighted by molar-refractivity contribution is 8.18. The average molecular weight is 514 g/mol. The van der Waals surface area contributed by atoms with Crippen LogP contribution in [0.15, 0.2) is 118 Å². The number of aliphatic imine (C=N–C) groups is 1. The molecular formula is C28H24FN5S2. The lowest BCUT2D eigenvalue weighted by atomic mass is 9.85. The van der Waals surface area contributed by atoms with Gasteiger partial charge in [-0.3, -0.25) is 15.8 Å². The molecule has 0 amide bonds. The minimum absolute atomic E-state index is 0.144. The highest BCUT2D eigenvalue weighted by Gasteiger charge is 2.41. The molecule has 1 aliphatic carbocycles. The Labute approximate surface area is 219 Å². The summed E-state index contributed by atoms with van der Waals surface area (Å²) < 4.78 is 16.4. The van der Waals surface area contributed by atoms with Gasteiger partial charge in [0.15, 0.2) is 5.11 Å². The van der Waals surface area contributed by atoms with Crippen molar-refractivity contribution in [2.45, 2.75) is 12.7 Å². The predicted molar refractivity (Wildman–Crippen MR) is 149 cm³/mol. The normalized spacial score (nSPS) is 23.1. The van der Waals surface area contributed by atoms with E-state index in [0.29, 0.717) is 27.8 Å². The molecule has 1 saturated heterocycles. The lowest BCUT2D eigenvalue weighted by Crippen LogP contribution is -2.37. The van der Waals surface area contributed by atoms with Gasteiger partial charge < -0.3 is 4.90 Å². The number of hydrazine groups is 1. The van der Waals surface area contributed by atoms with E-state index in [1.165, 1.54) is 0 Å². The minimum atomic E-state index is -0.544. The first-order chi connectivity index (χ1) is 17.6. The molecule has 0 bridgehead atoms. The zero-order chi connectivity index (χ0) is 25.1. The molecule has 0 spiro atoms. The lowest BCUT2D eigenvalue weighted by Gasteiger charge is -2.24. The van der Waals surface area contributed by atoms with Crippen molar-refractivity contribution in [3.05, 3.63) is 124 Å². The van der Waals surface area contributed by atoms with E-state index in [0.717, 1.165) is 22.9 Å². The van der Waals surface area contributed by atoms with Gasteiger partial charge in [0.05, 0.1) is 10.6 Å². The molecule has 5 rings (SSSR count). The topological polar surface area (TPSA) is 63.5 Å². The van der Waals surface area contributed by atoms with Crippen LogP contribution in [0.4, 0.5) is 4.39 Å². The number of nitrogens with zero attached hydrogens (tertiary/aromatic N) is 2. The van der Waals surface area contributed by atoms with Gasteiger partial charge in [-0.05, 0) is 35.5 Å². The molecule has 3 aliphatic rings. The van der Waals surface area contributed by atoms with Crippen molar-refractivity contribution < 1.29 is 4.39 Å². The van der Waals surface area contributed by atoms with E-state index in [2.05, 4.69) is 21.6 Å². The fourth-order valence-corrected chi connectivity index (χ4v) is 5.70. The Kier molecular flexibility index (Phi) is 7.11. The molecular weight excluding hydrogens is 489 g/mol. The van der Waals surface area contributed by atoms with Crippen LogP contribution in [0.5, 0.6) is 0 Å². The Morgan fingerprint density at radius 1 is 1.17 bits per heavy atom. The van der Waals surface area contributed by atoms with E-state index in [1.54, 1.807) is 7.05 Å². The SMILES string of the molecule is CN=C(/C(=C1\C(=N)SC(C2NNC(=S)N2Cc2ccccc2)=C1F)C1C=C=CC=C1)c1ccccc1. The largest absolute Gasteiger partial charge is 0.322 e. The number of allylic oxidation sites excluding steroid dienone is 5. The van der Waals surface area contributed by atoms with Gasteiger partial charge in [0.1, 0.15) is 17.0 Å². The molecule has 2 aliphatic heterocycles. The van der Waals surface area contributed by atoms with Crippen LogP contribution in [0.1, 0.15) is 11.1 Å². The van der Waals surface area contributed by atoms with E-state index in [-0.39, 0.29) is 16.5 Å². The Morgan fingerprint density at radius 3 is 2.56 bits per heavy atom. The summed E-state index contributed by atoms with van der Waals surface area (Å²) in [5.41, 5.74) is 12.7. The number of thiocarbonyl (C=S) groups is 1. The summed E-state index contributed by atoms with van der Waals surface area (Å²) in [4.78, 5) is 6.87. The third-order valence-electron chi connectivity index (χ3n) is 6.12. The minimum Gasteiger partial charge on any atom is -0.322 e. The Balaban J connectivity index is 1.61. The fourth-order valence-electron chi connectivity index (χ4n) is 4.46. The maximum absolute atomic E-state index is 16.4. The molecule has 5 nitrogen and oxygen atoms in total. The molecule has 2 unspecified atom stereocenters. The molecule has 2 atom stereocenters. The number of rotatable bonds is 6. The molecule has 8 heteroatoms. The molecule has 0 saturated carbocycles. The summed E-state index contributed by atoms with van der Waals surface area (Å²) in [6.45, 7) is 0.505. The van der Waals surface area contributed by atoms with Crippen LogP contribution in [-0.2, 0) is 6.54 Å². The number of hydrogen-bond acceptors (Lipinski definition) is 5. The second-order valence-electron chi connectivity index (χ2n) is 8.34. The van der Waals surface area contributed by atoms with Crippen molar-refractivity contribution in [2.75, 3.05) is 7.05 Å². The van der Waals surface area contributed by atoms with Crippen molar-refractivity contribution in [3.63, 3.8) is 0 Å². The molecule has 180 valence electrons. The van der Waals surface area contributed by atoms with E-state index < -0.39 is 12.0 Å². The smallest absolute Gasteiger partial charge is 0.185 e. The van der Waals surface area contributed by atoms with Crippen molar-refractivity contribution in [1.82, 2.24) is 15.8 Å². The van der Waals surface area contributed by atoms with E-state index in [9.17, 15) is 0 Å². The van der Waals surface area contributed by atoms with E-state index in [1.807, 2.05) is 89.9 Å². The van der Waals surface area contributed by atoms with Crippen LogP contribution in [0.25, 0.3) is 0 Å². The van der Waals surface area contributed by atoms with Crippen molar-refractivity contribution in [1.29, 1.82) is 5.41 Å². The number of benzene rings is 2. The summed E-state index contributed by atoms with van der Waals surface area (Å²) >= 11 is 6.63. The van der Waals surface area contributed by atoms with Crippen LogP contribution in [0, 0.1) is 11.3 Å². The molecule has 2 aromatic carbocycles. The maximum atomic E-state index is 16.4. The number of hydrogen-bond donors (Lipinski definition) is 3. The first-order valence-electron chi connectivity index (χ1n) is 11.5. The van der Waals surface area contributed by atoms with Crippen molar-refractivity contribution >= 4 is 39.8 Å². The van der Waals surface area contributed by atoms with Gasteiger partial charge in [0.2, 0.25) is 0 Å². The molecule has 36 heavy (non-hydrogen) atoms. The van der Waals surface area contributed by atoms with Crippen molar-refractivity contribution in [2.24, 2.45) is 10.9 Å². The quantitative estimate of drug-likeness (QED) is 0.273. The third-order valence-corrected chi connectivity index (χ3v) is 7.49. The molecule has 3 N–H and O–H groups in total. The second kappa shape index (κ2) is 10.6. The summed E-state index contributed by atoms with van der Waals surface area (Å²) in [5, 5.41) is 9.48. The first-order valence-corrected chi connectivity index (χ1v) is 12.7. The van der Waals surface area contributed by atoms with Crippen LogP contribution in [0.2, 0.25) is 0 Å². The number of nitrogens with one attached hydrogen (secondary N) is 3. The lowest BCUT2D eigenvalue weighted by molar-refractivity contribution is 0.347. The third kappa shape index (κ3) is 4.64. The highest BCUT2D eigenvalue weighted by Crippen LogP contribution is 2.45. The molecule has 2 aromatic rings. The van der Waals surface area contributed by atoms with Gasteiger partial charge >= 0.3 is 0 Å². The molecule has 0 aromatic heterocycles. The maximum Gasteiger partial charge on any atom is 0.185 e. The van der Waals surface area contributed by atoms with Crippen molar-refractivity contribution in [3.8, 4) is 0 Å². The zero-order valence-electron chi connectivity index (χ0n) is 19.5. The Morgan fingerprint density at radius 2 is 1.89 bits per heavy atom. The number of thioether (sulfide) groups is 1. The summed E-state index contributed by atoms with van der Waals surface area (Å²) in [5.74, 6) is -0.707. The molecule has 1 fully saturated rings. The van der Waals surface area contributed by atoms with Gasteiger partial charge in [0.25, 0.3) is 0 Å². The molecule has 0 radical (unpaired) electrons. The monoisotopic (exact) mass is 513 g/mol. The van der Waals surface area contributed by atoms with Crippen LogP contribution < -0.4 is 10.9 Å². The van der Waals surface area contributed by atoms with Crippen LogP contribution in [0.3, 0.4) is 0 Å². The Hall–Kier alpha value is -3.55.